The van der Waals surface area contributed by atoms with Crippen molar-refractivity contribution in [3.63, 3.8) is 0 Å². The molecule has 4 aliphatic carbocycles. The molecule has 0 bridgehead atoms. The standard InChI is InChI=1S/C62H64N6O6/c69-57-47-17-7-9-19-49(47)59(71)55-51(67-61(73)41-25-21-39(22-26-41)37-63-33-11-35-65-43-13-3-1-4-14-43)31-29-45(53(55)57)46-30-32-52(56-54(46)58(70)48-18-8-10-20-50(48)60(56)72)68-62(74)42-27-23-40(24-28-42)38-64-34-12-36-66-44-15-5-2-6-16-44/h7-10,17-32,43-44,63-66H,1-6,11-16,33-38H2,(H,67,73)(H,68,74). The molecule has 0 radical (unpaired) electrons. The van der Waals surface area contributed by atoms with Crippen molar-refractivity contribution in [3.05, 3.63) is 188 Å². The maximum Gasteiger partial charge on any atom is 0.255 e. The number of ketones is 4. The number of amides is 2. The molecule has 0 spiro atoms. The van der Waals surface area contributed by atoms with E-state index in [0.717, 1.165) is 50.1 Å². The Balaban J connectivity index is 0.888. The summed E-state index contributed by atoms with van der Waals surface area (Å²) in [5.41, 5.74) is 4.13. The molecule has 10 rings (SSSR count). The first-order valence-electron chi connectivity index (χ1n) is 26.6. The number of carbonyl (C=O) groups excluding carboxylic acids is 6. The first kappa shape index (κ1) is 50.3. The molecule has 6 N–H and O–H groups in total. The van der Waals surface area contributed by atoms with E-state index in [9.17, 15) is 28.8 Å². The zero-order chi connectivity index (χ0) is 51.0. The summed E-state index contributed by atoms with van der Waals surface area (Å²) in [5, 5.41) is 20.2. The normalized spacial score (nSPS) is 15.5. The van der Waals surface area contributed by atoms with Gasteiger partial charge in [-0.25, -0.2) is 0 Å². The minimum absolute atomic E-state index is 0.00866. The highest BCUT2D eigenvalue weighted by Gasteiger charge is 2.39. The van der Waals surface area contributed by atoms with Crippen molar-refractivity contribution in [2.24, 2.45) is 0 Å². The summed E-state index contributed by atoms with van der Waals surface area (Å²) >= 11 is 0. The lowest BCUT2D eigenvalue weighted by molar-refractivity contribution is 0.0977. The van der Waals surface area contributed by atoms with Gasteiger partial charge in [-0.15, -0.1) is 0 Å². The van der Waals surface area contributed by atoms with Gasteiger partial charge in [0.15, 0.2) is 23.1 Å². The number of carbonyl (C=O) groups is 6. The molecule has 0 heterocycles. The smallest absolute Gasteiger partial charge is 0.255 e. The van der Waals surface area contributed by atoms with Gasteiger partial charge in [-0.1, -0.05) is 123 Å². The lowest BCUT2D eigenvalue weighted by atomic mass is 9.75. The summed E-state index contributed by atoms with van der Waals surface area (Å²) < 4.78 is 0. The number of fused-ring (bicyclic) bond motifs is 4. The van der Waals surface area contributed by atoms with E-state index >= 15 is 0 Å². The molecule has 378 valence electrons. The van der Waals surface area contributed by atoms with Gasteiger partial charge in [0, 0.05) is 69.7 Å². The molecule has 6 aromatic rings. The Labute approximate surface area is 432 Å². The first-order chi connectivity index (χ1) is 36.2. The van der Waals surface area contributed by atoms with Gasteiger partial charge in [-0.05, 0) is 123 Å². The second-order valence-electron chi connectivity index (χ2n) is 20.2. The maximum absolute atomic E-state index is 14.8. The van der Waals surface area contributed by atoms with E-state index in [1.165, 1.54) is 64.2 Å². The fourth-order valence-electron chi connectivity index (χ4n) is 11.2. The van der Waals surface area contributed by atoms with Gasteiger partial charge in [0.25, 0.3) is 11.8 Å². The Kier molecular flexibility index (Phi) is 15.9. The Morgan fingerprint density at radius 3 is 1.09 bits per heavy atom. The van der Waals surface area contributed by atoms with Gasteiger partial charge in [-0.2, -0.15) is 0 Å². The SMILES string of the molecule is O=C(Nc1ccc(-c2ccc(NC(=O)c3ccc(CNCCCNC4CCCCC4)cc3)c3c2C(=O)c2ccccc2C3=O)c2c1C(=O)c1ccccc1C2=O)c1ccc(CNCCCNC2CCCCC2)cc1. The highest BCUT2D eigenvalue weighted by molar-refractivity contribution is 6.35. The monoisotopic (exact) mass is 988 g/mol. The van der Waals surface area contributed by atoms with E-state index in [1.807, 2.05) is 24.3 Å². The van der Waals surface area contributed by atoms with Gasteiger partial charge in [-0.3, -0.25) is 28.8 Å². The molecule has 2 saturated carbocycles. The average molecular weight is 989 g/mol. The molecular formula is C62H64N6O6. The number of hydrogen-bond acceptors (Lipinski definition) is 10. The van der Waals surface area contributed by atoms with Gasteiger partial charge >= 0.3 is 0 Å². The number of hydrogen-bond donors (Lipinski definition) is 6. The minimum atomic E-state index is -0.477. The summed E-state index contributed by atoms with van der Waals surface area (Å²) in [6, 6.07) is 35.1. The summed E-state index contributed by atoms with van der Waals surface area (Å²) in [4.78, 5) is 86.7. The molecular weight excluding hydrogens is 925 g/mol. The van der Waals surface area contributed by atoms with E-state index in [0.29, 0.717) is 36.3 Å². The fraction of sp³-hybridized carbons (Fsp3) is 0.323. The largest absolute Gasteiger partial charge is 0.321 e. The average Bonchev–Trinajstić information content (AvgIpc) is 3.47. The number of rotatable bonds is 19. The lowest BCUT2D eigenvalue weighted by Crippen LogP contribution is -2.33. The van der Waals surface area contributed by atoms with Crippen molar-refractivity contribution in [2.75, 3.05) is 36.8 Å². The highest BCUT2D eigenvalue weighted by Crippen LogP contribution is 2.44. The van der Waals surface area contributed by atoms with E-state index in [-0.39, 0.29) is 67.0 Å². The topological polar surface area (TPSA) is 175 Å². The van der Waals surface area contributed by atoms with Crippen LogP contribution in [0.5, 0.6) is 0 Å². The summed E-state index contributed by atoms with van der Waals surface area (Å²) in [5.74, 6) is -2.85. The van der Waals surface area contributed by atoms with Crippen molar-refractivity contribution in [2.45, 2.75) is 102 Å². The maximum atomic E-state index is 14.8. The van der Waals surface area contributed by atoms with E-state index in [4.69, 9.17) is 0 Å². The van der Waals surface area contributed by atoms with Crippen LogP contribution in [0.25, 0.3) is 11.1 Å². The second-order valence-corrected chi connectivity index (χ2v) is 20.2. The molecule has 12 heteroatoms. The van der Waals surface area contributed by atoms with Crippen LogP contribution in [0.3, 0.4) is 0 Å². The van der Waals surface area contributed by atoms with Crippen LogP contribution >= 0.6 is 0 Å². The van der Waals surface area contributed by atoms with Gasteiger partial charge in [0.1, 0.15) is 0 Å². The van der Waals surface area contributed by atoms with E-state index in [1.54, 1.807) is 97.1 Å². The molecule has 12 nitrogen and oxygen atoms in total. The van der Waals surface area contributed by atoms with Gasteiger partial charge in [0.05, 0.1) is 22.5 Å². The lowest BCUT2D eigenvalue weighted by Gasteiger charge is -2.26. The predicted molar refractivity (Wildman–Crippen MR) is 290 cm³/mol. The Morgan fingerprint density at radius 1 is 0.378 bits per heavy atom. The van der Waals surface area contributed by atoms with Crippen LogP contribution in [0.2, 0.25) is 0 Å². The van der Waals surface area contributed by atoms with Crippen molar-refractivity contribution in [1.29, 1.82) is 0 Å². The van der Waals surface area contributed by atoms with Crippen LogP contribution in [-0.2, 0) is 13.1 Å². The van der Waals surface area contributed by atoms with Gasteiger partial charge < -0.3 is 31.9 Å². The van der Waals surface area contributed by atoms with Crippen LogP contribution in [-0.4, -0.2) is 73.2 Å². The molecule has 4 aliphatic rings. The molecule has 0 saturated heterocycles. The fourth-order valence-corrected chi connectivity index (χ4v) is 11.2. The summed E-state index contributed by atoms with van der Waals surface area (Å²) in [6.45, 7) is 5.00. The Morgan fingerprint density at radius 2 is 0.730 bits per heavy atom. The first-order valence-corrected chi connectivity index (χ1v) is 26.6. The second kappa shape index (κ2) is 23.3. The number of anilines is 2. The van der Waals surface area contributed by atoms with Crippen molar-refractivity contribution in [3.8, 4) is 11.1 Å². The van der Waals surface area contributed by atoms with Crippen molar-refractivity contribution in [1.82, 2.24) is 21.3 Å². The summed E-state index contributed by atoms with van der Waals surface area (Å²) in [6.07, 6.45) is 15.0. The number of nitrogens with one attached hydrogen (secondary N) is 6. The zero-order valence-corrected chi connectivity index (χ0v) is 41.9. The van der Waals surface area contributed by atoms with Crippen molar-refractivity contribution >= 4 is 46.3 Å². The summed E-state index contributed by atoms with van der Waals surface area (Å²) in [7, 11) is 0. The Bertz CT molecular complexity index is 2890. The molecule has 0 unspecified atom stereocenters. The molecule has 2 amide bonds. The van der Waals surface area contributed by atoms with Crippen LogP contribution in [0, 0.1) is 0 Å². The molecule has 0 atom stereocenters. The predicted octanol–water partition coefficient (Wildman–Crippen LogP) is 10.2. The quantitative estimate of drug-likeness (QED) is 0.0428. The number of benzene rings is 6. The zero-order valence-electron chi connectivity index (χ0n) is 41.9. The highest BCUT2D eigenvalue weighted by atomic mass is 16.2. The molecule has 6 aromatic carbocycles. The third-order valence-corrected chi connectivity index (χ3v) is 15.2. The minimum Gasteiger partial charge on any atom is -0.321 e. The van der Waals surface area contributed by atoms with Gasteiger partial charge in [0.2, 0.25) is 0 Å². The molecule has 0 aliphatic heterocycles. The van der Waals surface area contributed by atoms with Crippen LogP contribution in [0.1, 0.15) is 173 Å². The van der Waals surface area contributed by atoms with Crippen LogP contribution in [0.4, 0.5) is 11.4 Å². The molecule has 0 aromatic heterocycles. The third kappa shape index (κ3) is 11.0. The van der Waals surface area contributed by atoms with Crippen molar-refractivity contribution < 1.29 is 28.8 Å². The van der Waals surface area contributed by atoms with Crippen LogP contribution < -0.4 is 31.9 Å². The van der Waals surface area contributed by atoms with E-state index < -0.39 is 34.9 Å². The molecule has 2 fully saturated rings. The van der Waals surface area contributed by atoms with E-state index in [2.05, 4.69) is 31.9 Å². The molecule has 74 heavy (non-hydrogen) atoms. The Hall–Kier alpha value is -7.22. The van der Waals surface area contributed by atoms with Crippen LogP contribution in [0.15, 0.2) is 121 Å². The third-order valence-electron chi connectivity index (χ3n) is 15.2.